The molecule has 1 unspecified atom stereocenters. The molecule has 1 aliphatic rings. The standard InChI is InChI=1S/C31H36N2O4/c1-22-6-3-4-7-23(22)8-5-18-33-19-16-24(25(21-33)10-14-31(35)36)9-13-30(34)27-15-17-32-29-12-11-26(37-2)20-28(27)29/h3-4,6-7,11-12,15,17,20,24-25,30,34H,9-10,13-14,16,18-19,21H2,1-2H3,(H,35,36)/t24-,25+,30?/m1/s1. The number of hydrogen-bond acceptors (Lipinski definition) is 5. The van der Waals surface area contributed by atoms with Gasteiger partial charge in [0.15, 0.2) is 0 Å². The molecule has 1 aromatic heterocycles. The number of ether oxygens (including phenoxy) is 1. The second-order valence-corrected chi connectivity index (χ2v) is 9.97. The van der Waals surface area contributed by atoms with E-state index in [4.69, 9.17) is 4.74 Å². The molecule has 0 saturated carbocycles. The number of likely N-dealkylation sites (tertiary alicyclic amines) is 1. The number of aliphatic carboxylic acids is 1. The first-order chi connectivity index (χ1) is 17.9. The number of nitrogens with zero attached hydrogens (tertiary/aromatic N) is 2. The fourth-order valence-electron chi connectivity index (χ4n) is 5.37. The molecule has 6 heteroatoms. The summed E-state index contributed by atoms with van der Waals surface area (Å²) >= 11 is 0. The van der Waals surface area contributed by atoms with Crippen molar-refractivity contribution in [3.63, 3.8) is 0 Å². The lowest BCUT2D eigenvalue weighted by molar-refractivity contribution is -0.137. The van der Waals surface area contributed by atoms with Crippen LogP contribution >= 0.6 is 0 Å². The van der Waals surface area contributed by atoms with Gasteiger partial charge >= 0.3 is 5.97 Å². The van der Waals surface area contributed by atoms with Gasteiger partial charge in [0.2, 0.25) is 0 Å². The van der Waals surface area contributed by atoms with Gasteiger partial charge < -0.3 is 14.9 Å². The molecule has 1 saturated heterocycles. The predicted octanol–water partition coefficient (Wildman–Crippen LogP) is 5.22. The first-order valence-electron chi connectivity index (χ1n) is 13.0. The van der Waals surface area contributed by atoms with Crippen LogP contribution in [0.15, 0.2) is 54.7 Å². The molecule has 4 rings (SSSR count). The highest BCUT2D eigenvalue weighted by atomic mass is 16.5. The van der Waals surface area contributed by atoms with Crippen LogP contribution in [0.2, 0.25) is 0 Å². The third-order valence-corrected chi connectivity index (χ3v) is 7.53. The first kappa shape index (κ1) is 26.7. The minimum Gasteiger partial charge on any atom is -0.497 e. The van der Waals surface area contributed by atoms with E-state index < -0.39 is 12.1 Å². The maximum Gasteiger partial charge on any atom is 0.303 e. The summed E-state index contributed by atoms with van der Waals surface area (Å²) in [6, 6.07) is 15.7. The summed E-state index contributed by atoms with van der Waals surface area (Å²) in [6.45, 7) is 4.52. The second-order valence-electron chi connectivity index (χ2n) is 9.97. The Labute approximate surface area is 219 Å². The van der Waals surface area contributed by atoms with E-state index in [1.807, 2.05) is 42.5 Å². The summed E-state index contributed by atoms with van der Waals surface area (Å²) in [4.78, 5) is 18.1. The van der Waals surface area contributed by atoms with Gasteiger partial charge in [0.1, 0.15) is 5.75 Å². The van der Waals surface area contributed by atoms with Crippen molar-refractivity contribution in [3.05, 3.63) is 71.4 Å². The third-order valence-electron chi connectivity index (χ3n) is 7.53. The van der Waals surface area contributed by atoms with Crippen molar-refractivity contribution in [3.8, 4) is 17.6 Å². The van der Waals surface area contributed by atoms with E-state index in [9.17, 15) is 15.0 Å². The Morgan fingerprint density at radius 2 is 2.03 bits per heavy atom. The highest BCUT2D eigenvalue weighted by Gasteiger charge is 2.30. The largest absolute Gasteiger partial charge is 0.497 e. The molecule has 2 N–H and O–H groups in total. The minimum absolute atomic E-state index is 0.168. The number of methoxy groups -OCH3 is 1. The smallest absolute Gasteiger partial charge is 0.303 e. The molecule has 2 heterocycles. The van der Waals surface area contributed by atoms with Gasteiger partial charge in [-0.15, -0.1) is 0 Å². The molecule has 3 atom stereocenters. The van der Waals surface area contributed by atoms with Crippen LogP contribution in [0.1, 0.15) is 54.9 Å². The fraction of sp³-hybridized carbons (Fsp3) is 0.419. The average molecular weight is 501 g/mol. The number of pyridine rings is 1. The van der Waals surface area contributed by atoms with Crippen LogP contribution in [0, 0.1) is 30.6 Å². The number of rotatable bonds is 9. The lowest BCUT2D eigenvalue weighted by atomic mass is 9.79. The molecule has 37 heavy (non-hydrogen) atoms. The Morgan fingerprint density at radius 1 is 1.19 bits per heavy atom. The number of fused-ring (bicyclic) bond motifs is 1. The Morgan fingerprint density at radius 3 is 2.81 bits per heavy atom. The normalized spacial score (nSPS) is 18.7. The lowest BCUT2D eigenvalue weighted by Gasteiger charge is -2.38. The van der Waals surface area contributed by atoms with Crippen LogP contribution in [-0.4, -0.2) is 52.8 Å². The van der Waals surface area contributed by atoms with E-state index in [1.165, 1.54) is 5.56 Å². The van der Waals surface area contributed by atoms with Gasteiger partial charge in [-0.2, -0.15) is 0 Å². The van der Waals surface area contributed by atoms with Gasteiger partial charge in [-0.05, 0) is 92.4 Å². The number of hydrogen-bond donors (Lipinski definition) is 2. The molecule has 2 aromatic carbocycles. The van der Waals surface area contributed by atoms with Crippen LogP contribution in [0.25, 0.3) is 10.9 Å². The number of benzene rings is 2. The highest BCUT2D eigenvalue weighted by molar-refractivity contribution is 5.83. The summed E-state index contributed by atoms with van der Waals surface area (Å²) in [5, 5.41) is 21.3. The summed E-state index contributed by atoms with van der Waals surface area (Å²) < 4.78 is 5.37. The van der Waals surface area contributed by atoms with Gasteiger partial charge in [0.05, 0.1) is 25.3 Å². The molecule has 1 fully saturated rings. The van der Waals surface area contributed by atoms with Crippen LogP contribution in [0.3, 0.4) is 0 Å². The minimum atomic E-state index is -0.757. The van der Waals surface area contributed by atoms with E-state index in [0.717, 1.165) is 53.7 Å². The van der Waals surface area contributed by atoms with Crippen LogP contribution in [0.4, 0.5) is 0 Å². The summed E-state index contributed by atoms with van der Waals surface area (Å²) in [5.74, 6) is 7.22. The maximum atomic E-state index is 11.3. The summed E-state index contributed by atoms with van der Waals surface area (Å²) in [6.07, 6.45) is 4.39. The van der Waals surface area contributed by atoms with Gasteiger partial charge in [0.25, 0.3) is 0 Å². The molecule has 194 valence electrons. The second kappa shape index (κ2) is 12.7. The number of carboxylic acids is 1. The molecule has 6 nitrogen and oxygen atoms in total. The van der Waals surface area contributed by atoms with Crippen LogP contribution in [-0.2, 0) is 4.79 Å². The number of aliphatic hydroxyl groups is 1. The van der Waals surface area contributed by atoms with Crippen LogP contribution < -0.4 is 4.74 Å². The van der Waals surface area contributed by atoms with Gasteiger partial charge in [-0.25, -0.2) is 0 Å². The fourth-order valence-corrected chi connectivity index (χ4v) is 5.37. The number of carboxylic acid groups (broad SMARTS) is 1. The predicted molar refractivity (Wildman–Crippen MR) is 145 cm³/mol. The monoisotopic (exact) mass is 500 g/mol. The molecule has 3 aromatic rings. The van der Waals surface area contributed by atoms with Crippen LogP contribution in [0.5, 0.6) is 5.75 Å². The van der Waals surface area contributed by atoms with Crippen molar-refractivity contribution in [1.29, 1.82) is 0 Å². The van der Waals surface area contributed by atoms with Gasteiger partial charge in [0, 0.05) is 30.1 Å². The van der Waals surface area contributed by atoms with E-state index in [1.54, 1.807) is 13.3 Å². The van der Waals surface area contributed by atoms with Crippen molar-refractivity contribution in [1.82, 2.24) is 9.88 Å². The van der Waals surface area contributed by atoms with Gasteiger partial charge in [-0.1, -0.05) is 30.0 Å². The molecule has 0 radical (unpaired) electrons. The Bertz CT molecular complexity index is 1280. The number of piperidine rings is 1. The highest BCUT2D eigenvalue weighted by Crippen LogP contribution is 2.35. The quantitative estimate of drug-likeness (QED) is 0.392. The molecule has 0 bridgehead atoms. The maximum absolute atomic E-state index is 11.3. The average Bonchev–Trinajstić information content (AvgIpc) is 2.91. The number of aromatic nitrogens is 1. The number of carbonyl (C=O) groups is 1. The van der Waals surface area contributed by atoms with Crippen molar-refractivity contribution < 1.29 is 19.7 Å². The lowest BCUT2D eigenvalue weighted by Crippen LogP contribution is -2.41. The molecule has 0 aliphatic carbocycles. The molecule has 1 aliphatic heterocycles. The number of aliphatic hydroxyl groups excluding tert-OH is 1. The third kappa shape index (κ3) is 7.09. The summed E-state index contributed by atoms with van der Waals surface area (Å²) in [5.41, 5.74) is 3.91. The topological polar surface area (TPSA) is 82.9 Å². The van der Waals surface area contributed by atoms with Crippen molar-refractivity contribution in [2.75, 3.05) is 26.7 Å². The Kier molecular flexibility index (Phi) is 9.16. The summed E-state index contributed by atoms with van der Waals surface area (Å²) in [7, 11) is 1.63. The zero-order valence-electron chi connectivity index (χ0n) is 21.7. The van der Waals surface area contributed by atoms with Crippen molar-refractivity contribution in [2.24, 2.45) is 11.8 Å². The molecular formula is C31H36N2O4. The van der Waals surface area contributed by atoms with Crippen molar-refractivity contribution >= 4 is 16.9 Å². The first-order valence-corrected chi connectivity index (χ1v) is 13.0. The van der Waals surface area contributed by atoms with E-state index in [2.05, 4.69) is 34.7 Å². The number of aryl methyl sites for hydroxylation is 1. The van der Waals surface area contributed by atoms with E-state index >= 15 is 0 Å². The van der Waals surface area contributed by atoms with E-state index in [0.29, 0.717) is 25.3 Å². The van der Waals surface area contributed by atoms with E-state index in [-0.39, 0.29) is 12.3 Å². The zero-order chi connectivity index (χ0) is 26.2. The zero-order valence-corrected chi connectivity index (χ0v) is 21.7. The molecular weight excluding hydrogens is 464 g/mol. The molecule has 0 spiro atoms. The van der Waals surface area contributed by atoms with Gasteiger partial charge in [-0.3, -0.25) is 14.7 Å². The SMILES string of the molecule is COc1ccc2nccc(C(O)CC[C@@H]3CCN(CC#Cc4ccccc4C)C[C@@H]3CCC(=O)O)c2c1. The Hall–Kier alpha value is -3.40. The van der Waals surface area contributed by atoms with Crippen molar-refractivity contribution in [2.45, 2.75) is 45.1 Å². The molecule has 0 amide bonds. The Balaban J connectivity index is 1.40.